The molecule has 0 unspecified atom stereocenters. The van der Waals surface area contributed by atoms with Gasteiger partial charge in [0, 0.05) is 6.20 Å². The second-order valence-corrected chi connectivity index (χ2v) is 4.08. The lowest BCUT2D eigenvalue weighted by Gasteiger charge is -2.05. The number of rotatable bonds is 3. The molecule has 0 saturated carbocycles. The van der Waals surface area contributed by atoms with Crippen LogP contribution < -0.4 is 5.84 Å². The van der Waals surface area contributed by atoms with Crippen LogP contribution in [-0.4, -0.2) is 10.6 Å². The number of esters is 1. The van der Waals surface area contributed by atoms with Gasteiger partial charge in [0.1, 0.15) is 12.3 Å². The van der Waals surface area contributed by atoms with E-state index in [-0.39, 0.29) is 12.3 Å². The van der Waals surface area contributed by atoms with Gasteiger partial charge in [0.05, 0.1) is 5.56 Å². The molecule has 0 aliphatic rings. The first kappa shape index (κ1) is 14.0. The summed E-state index contributed by atoms with van der Waals surface area (Å²) in [5.41, 5.74) is -0.619. The van der Waals surface area contributed by atoms with Crippen LogP contribution in [0.3, 0.4) is 0 Å². The number of benzene rings is 1. The molecular weight excluding hydrogens is 273 g/mol. The second-order valence-electron chi connectivity index (χ2n) is 4.08. The Bertz CT molecular complexity index is 606. The van der Waals surface area contributed by atoms with Gasteiger partial charge >= 0.3 is 12.1 Å². The van der Waals surface area contributed by atoms with Crippen molar-refractivity contribution in [2.45, 2.75) is 12.8 Å². The number of hydrogen-bond donors (Lipinski definition) is 1. The van der Waals surface area contributed by atoms with E-state index in [0.717, 1.165) is 5.56 Å². The number of carbonyl (C=O) groups excluding carboxylic acids is 1. The molecule has 1 aromatic heterocycles. The molecule has 0 bridgehead atoms. The molecule has 0 fully saturated rings. The van der Waals surface area contributed by atoms with E-state index in [1.807, 2.05) is 0 Å². The maximum Gasteiger partial charge on any atom is 0.417 e. The smallest absolute Gasteiger partial charge is 0.417 e. The summed E-state index contributed by atoms with van der Waals surface area (Å²) < 4.78 is 42.9. The molecule has 0 spiro atoms. The predicted octanol–water partition coefficient (Wildman–Crippen LogP) is 2.58. The average molecular weight is 284 g/mol. The van der Waals surface area contributed by atoms with Crippen LogP contribution in [-0.2, 0) is 17.5 Å². The molecule has 0 aliphatic heterocycles. The molecule has 0 radical (unpaired) electrons. The normalized spacial score (nSPS) is 11.3. The van der Waals surface area contributed by atoms with Crippen LogP contribution in [0.15, 0.2) is 42.6 Å². The number of aromatic nitrogens is 1. The fourth-order valence-electron chi connectivity index (χ4n) is 1.59. The highest BCUT2D eigenvalue weighted by molar-refractivity contribution is 5.88. The summed E-state index contributed by atoms with van der Waals surface area (Å²) >= 11 is 0. The Morgan fingerprint density at radius 3 is 2.45 bits per heavy atom. The van der Waals surface area contributed by atoms with Crippen molar-refractivity contribution in [3.8, 4) is 0 Å². The lowest BCUT2D eigenvalue weighted by molar-refractivity contribution is -0.137. The SMILES string of the molecule is Nn1cc(C(F)(F)F)cc1C(=O)OCc1ccccc1. The summed E-state index contributed by atoms with van der Waals surface area (Å²) in [7, 11) is 0. The molecule has 1 aromatic carbocycles. The van der Waals surface area contributed by atoms with E-state index in [0.29, 0.717) is 16.9 Å². The van der Waals surface area contributed by atoms with E-state index < -0.39 is 17.7 Å². The van der Waals surface area contributed by atoms with Crippen LogP contribution >= 0.6 is 0 Å². The number of nitrogen functional groups attached to an aromatic ring is 1. The largest absolute Gasteiger partial charge is 0.456 e. The maximum atomic E-state index is 12.5. The lowest BCUT2D eigenvalue weighted by atomic mass is 10.2. The summed E-state index contributed by atoms with van der Waals surface area (Å²) in [6.45, 7) is -0.0355. The van der Waals surface area contributed by atoms with Gasteiger partial charge in [-0.1, -0.05) is 30.3 Å². The molecule has 20 heavy (non-hydrogen) atoms. The average Bonchev–Trinajstić information content (AvgIpc) is 2.79. The minimum Gasteiger partial charge on any atom is -0.456 e. The van der Waals surface area contributed by atoms with Gasteiger partial charge < -0.3 is 10.6 Å². The van der Waals surface area contributed by atoms with Gasteiger partial charge in [-0.25, -0.2) is 4.79 Å². The number of ether oxygens (including phenoxy) is 1. The zero-order valence-electron chi connectivity index (χ0n) is 10.2. The topological polar surface area (TPSA) is 57.2 Å². The monoisotopic (exact) mass is 284 g/mol. The van der Waals surface area contributed by atoms with Crippen molar-refractivity contribution in [1.82, 2.24) is 4.68 Å². The van der Waals surface area contributed by atoms with E-state index in [9.17, 15) is 18.0 Å². The van der Waals surface area contributed by atoms with Gasteiger partial charge in [0.25, 0.3) is 0 Å². The van der Waals surface area contributed by atoms with Crippen LogP contribution in [0.2, 0.25) is 0 Å². The van der Waals surface area contributed by atoms with Gasteiger partial charge in [-0.2, -0.15) is 13.2 Å². The third kappa shape index (κ3) is 3.11. The van der Waals surface area contributed by atoms with Crippen LogP contribution in [0.25, 0.3) is 0 Å². The van der Waals surface area contributed by atoms with E-state index in [1.54, 1.807) is 30.3 Å². The van der Waals surface area contributed by atoms with Gasteiger partial charge in [0.15, 0.2) is 0 Å². The Labute approximate surface area is 112 Å². The predicted molar refractivity (Wildman–Crippen MR) is 65.1 cm³/mol. The summed E-state index contributed by atoms with van der Waals surface area (Å²) in [6, 6.07) is 9.44. The summed E-state index contributed by atoms with van der Waals surface area (Å²) in [4.78, 5) is 11.7. The van der Waals surface area contributed by atoms with Crippen LogP contribution in [0.4, 0.5) is 13.2 Å². The molecule has 106 valence electrons. The minimum atomic E-state index is -4.56. The Kier molecular flexibility index (Phi) is 3.69. The number of carbonyl (C=O) groups is 1. The van der Waals surface area contributed by atoms with Crippen molar-refractivity contribution >= 4 is 5.97 Å². The number of nitrogens with zero attached hydrogens (tertiary/aromatic N) is 1. The van der Waals surface area contributed by atoms with Gasteiger partial charge in [0.2, 0.25) is 0 Å². The molecule has 1 heterocycles. The zero-order chi connectivity index (χ0) is 14.8. The van der Waals surface area contributed by atoms with Gasteiger partial charge in [-0.15, -0.1) is 0 Å². The fraction of sp³-hybridized carbons (Fsp3) is 0.154. The van der Waals surface area contributed by atoms with E-state index in [4.69, 9.17) is 10.6 Å². The third-order valence-electron chi connectivity index (χ3n) is 2.60. The Hall–Kier alpha value is -2.44. The van der Waals surface area contributed by atoms with Crippen LogP contribution in [0, 0.1) is 0 Å². The molecular formula is C13H11F3N2O2. The summed E-state index contributed by atoms with van der Waals surface area (Å²) in [5.74, 6) is 4.41. The van der Waals surface area contributed by atoms with Gasteiger partial charge in [-0.3, -0.25) is 4.68 Å². The van der Waals surface area contributed by atoms with Crippen LogP contribution in [0.5, 0.6) is 0 Å². The third-order valence-corrected chi connectivity index (χ3v) is 2.60. The van der Waals surface area contributed by atoms with Gasteiger partial charge in [-0.05, 0) is 11.6 Å². The maximum absolute atomic E-state index is 12.5. The first-order chi connectivity index (χ1) is 9.38. The van der Waals surface area contributed by atoms with Crippen LogP contribution in [0.1, 0.15) is 21.6 Å². The van der Waals surface area contributed by atoms with Crippen molar-refractivity contribution in [3.63, 3.8) is 0 Å². The molecule has 4 nitrogen and oxygen atoms in total. The Morgan fingerprint density at radius 2 is 1.90 bits per heavy atom. The van der Waals surface area contributed by atoms with Crippen molar-refractivity contribution in [2.24, 2.45) is 0 Å². The fourth-order valence-corrected chi connectivity index (χ4v) is 1.59. The summed E-state index contributed by atoms with van der Waals surface area (Å²) in [5, 5.41) is 0. The number of hydrogen-bond acceptors (Lipinski definition) is 3. The van der Waals surface area contributed by atoms with Crippen molar-refractivity contribution in [2.75, 3.05) is 5.84 Å². The standard InChI is InChI=1S/C13H11F3N2O2/c14-13(15,16)10-6-11(18(17)7-10)12(19)20-8-9-4-2-1-3-5-9/h1-7H,8,17H2. The quantitative estimate of drug-likeness (QED) is 0.696. The lowest BCUT2D eigenvalue weighted by Crippen LogP contribution is -2.17. The first-order valence-corrected chi connectivity index (χ1v) is 5.63. The molecule has 7 heteroatoms. The molecule has 2 N–H and O–H groups in total. The molecule has 2 rings (SSSR count). The van der Waals surface area contributed by atoms with Crippen molar-refractivity contribution < 1.29 is 22.7 Å². The molecule has 0 atom stereocenters. The van der Waals surface area contributed by atoms with E-state index in [2.05, 4.69) is 0 Å². The highest BCUT2D eigenvalue weighted by Crippen LogP contribution is 2.30. The number of nitrogens with two attached hydrogens (primary N) is 1. The highest BCUT2D eigenvalue weighted by atomic mass is 19.4. The molecule has 0 aliphatic carbocycles. The molecule has 2 aromatic rings. The second kappa shape index (κ2) is 5.28. The Balaban J connectivity index is 2.08. The van der Waals surface area contributed by atoms with E-state index >= 15 is 0 Å². The number of halogens is 3. The minimum absolute atomic E-state index is 0.0355. The number of alkyl halides is 3. The first-order valence-electron chi connectivity index (χ1n) is 5.63. The Morgan fingerprint density at radius 1 is 1.25 bits per heavy atom. The molecule has 0 amide bonds. The van der Waals surface area contributed by atoms with E-state index in [1.165, 1.54) is 0 Å². The summed E-state index contributed by atoms with van der Waals surface area (Å²) in [6.07, 6.45) is -3.92. The zero-order valence-corrected chi connectivity index (χ0v) is 10.2. The van der Waals surface area contributed by atoms with Crippen molar-refractivity contribution in [3.05, 3.63) is 59.4 Å². The molecule has 0 saturated heterocycles. The van der Waals surface area contributed by atoms with Crippen molar-refractivity contribution in [1.29, 1.82) is 0 Å². The highest BCUT2D eigenvalue weighted by Gasteiger charge is 2.33.